The molecule has 1 aromatic heterocycles. The number of nitrogens with zero attached hydrogens (tertiary/aromatic N) is 1. The van der Waals surface area contributed by atoms with Crippen LogP contribution in [0.25, 0.3) is 0 Å². The molecule has 2 rings (SSSR count). The summed E-state index contributed by atoms with van der Waals surface area (Å²) in [5.74, 6) is 0. The van der Waals surface area contributed by atoms with Crippen LogP contribution in [0.2, 0.25) is 0 Å². The first-order valence-corrected chi connectivity index (χ1v) is 15.0. The zero-order valence-corrected chi connectivity index (χ0v) is 21.1. The van der Waals surface area contributed by atoms with E-state index in [-0.39, 0.29) is 13.0 Å². The Morgan fingerprint density at radius 3 is 2.46 bits per heavy atom. The first kappa shape index (κ1) is 30.2. The summed E-state index contributed by atoms with van der Waals surface area (Å²) in [5, 5.41) is 12.1. The van der Waals surface area contributed by atoms with E-state index < -0.39 is 59.7 Å². The predicted octanol–water partition coefficient (Wildman–Crippen LogP) is -0.355. The lowest BCUT2D eigenvalue weighted by atomic mass is 10.2. The second-order valence-electron chi connectivity index (χ2n) is 7.48. The largest absolute Gasteiger partial charge is 0.489 e. The number of aliphatic hydroxyl groups is 1. The van der Waals surface area contributed by atoms with E-state index in [0.717, 1.165) is 29.7 Å². The Bertz CT molecular complexity index is 1090. The Morgan fingerprint density at radius 2 is 1.80 bits per heavy atom. The third-order valence-electron chi connectivity index (χ3n) is 4.63. The number of phosphoric ester groups is 1. The van der Waals surface area contributed by atoms with Gasteiger partial charge >= 0.3 is 29.1 Å². The molecule has 17 nitrogen and oxygen atoms in total. The molecule has 6 atom stereocenters. The van der Waals surface area contributed by atoms with E-state index in [1.807, 2.05) is 10.1 Å². The maximum absolute atomic E-state index is 12.0. The number of H-pyrrole nitrogens is 1. The predicted molar refractivity (Wildman–Crippen MR) is 119 cm³/mol. The number of nitrogens with one attached hydrogen (secondary N) is 2. The molecule has 0 aliphatic carbocycles. The molecular formula is C15H29N4O13P3. The molecule has 8 N–H and O–H groups in total. The highest BCUT2D eigenvalue weighted by Crippen LogP contribution is 2.66. The van der Waals surface area contributed by atoms with Crippen LogP contribution in [0.4, 0.5) is 0 Å². The van der Waals surface area contributed by atoms with Gasteiger partial charge in [-0.2, -0.15) is 8.62 Å². The minimum absolute atomic E-state index is 0.0535. The van der Waals surface area contributed by atoms with Crippen molar-refractivity contribution in [1.29, 1.82) is 0 Å². The van der Waals surface area contributed by atoms with Crippen molar-refractivity contribution in [1.82, 2.24) is 14.6 Å². The van der Waals surface area contributed by atoms with E-state index in [9.17, 15) is 43.1 Å². The van der Waals surface area contributed by atoms with E-state index in [2.05, 4.69) is 13.1 Å². The topological polar surface area (TPSA) is 262 Å². The standard InChI is InChI=1S/C15H29N4O13P3/c16-6-3-1-2-4-7-17-33(23,24)31-35(27,28)32-34(25,26)29-10-12-11(20)9-14(30-12)19-8-5-13(21)18-15(19)22/h5,8,11-12,14,20H,1-4,6-7,9-10,16H2,(H,25,26)(H,27,28)(H2,17,23,24)(H,18,21,22)/t11-,12+,14+/m0/s1. The quantitative estimate of drug-likeness (QED) is 0.106. The number of ether oxygens (including phenoxy) is 1. The summed E-state index contributed by atoms with van der Waals surface area (Å²) in [4.78, 5) is 54.0. The molecule has 1 aliphatic rings. The molecule has 1 aromatic rings. The first-order valence-electron chi connectivity index (χ1n) is 10.4. The van der Waals surface area contributed by atoms with Crippen LogP contribution < -0.4 is 22.1 Å². The highest BCUT2D eigenvalue weighted by Gasteiger charge is 2.43. The van der Waals surface area contributed by atoms with E-state index in [1.165, 1.54) is 0 Å². The zero-order chi connectivity index (χ0) is 26.3. The highest BCUT2D eigenvalue weighted by atomic mass is 31.3. The fourth-order valence-electron chi connectivity index (χ4n) is 3.04. The van der Waals surface area contributed by atoms with Gasteiger partial charge in [-0.25, -0.2) is 23.6 Å². The first-order chi connectivity index (χ1) is 16.2. The summed E-state index contributed by atoms with van der Waals surface area (Å²) in [5.41, 5.74) is 3.88. The molecule has 0 radical (unpaired) electrons. The fraction of sp³-hybridized carbons (Fsp3) is 0.733. The van der Waals surface area contributed by atoms with Crippen molar-refractivity contribution in [3.8, 4) is 0 Å². The average Bonchev–Trinajstić information content (AvgIpc) is 3.07. The molecule has 20 heteroatoms. The van der Waals surface area contributed by atoms with Gasteiger partial charge in [0.05, 0.1) is 12.7 Å². The van der Waals surface area contributed by atoms with E-state index >= 15 is 0 Å². The van der Waals surface area contributed by atoms with Gasteiger partial charge in [-0.05, 0) is 19.4 Å². The molecule has 0 amide bonds. The van der Waals surface area contributed by atoms with Crippen molar-refractivity contribution in [3.63, 3.8) is 0 Å². The normalized spacial score (nSPS) is 25.6. The van der Waals surface area contributed by atoms with Gasteiger partial charge in [0.2, 0.25) is 0 Å². The van der Waals surface area contributed by atoms with Gasteiger partial charge in [0.1, 0.15) is 12.3 Å². The van der Waals surface area contributed by atoms with Gasteiger partial charge < -0.3 is 30.3 Å². The third kappa shape index (κ3) is 10.5. The van der Waals surface area contributed by atoms with Crippen LogP contribution in [0.15, 0.2) is 21.9 Å². The van der Waals surface area contributed by atoms with Gasteiger partial charge in [0.15, 0.2) is 0 Å². The van der Waals surface area contributed by atoms with Crippen molar-refractivity contribution in [2.45, 2.75) is 50.5 Å². The van der Waals surface area contributed by atoms with Crippen LogP contribution >= 0.6 is 23.4 Å². The minimum Gasteiger partial charge on any atom is -0.390 e. The van der Waals surface area contributed by atoms with Crippen LogP contribution in [0.5, 0.6) is 0 Å². The van der Waals surface area contributed by atoms with Crippen LogP contribution in [0.3, 0.4) is 0 Å². The Balaban J connectivity index is 1.85. The SMILES string of the molecule is NCCCCCCNP(=O)(O)OP(=O)(O)OP(=O)(O)OC[C@H]1O[C@@H](n2ccc(=O)[nH]c2=O)C[C@@H]1O. The van der Waals surface area contributed by atoms with Crippen LogP contribution in [0.1, 0.15) is 38.3 Å². The van der Waals surface area contributed by atoms with E-state index in [0.29, 0.717) is 19.4 Å². The van der Waals surface area contributed by atoms with E-state index in [1.54, 1.807) is 0 Å². The van der Waals surface area contributed by atoms with Crippen molar-refractivity contribution in [2.75, 3.05) is 19.7 Å². The van der Waals surface area contributed by atoms with Gasteiger partial charge in [-0.3, -0.25) is 18.9 Å². The average molecular weight is 566 g/mol. The molecule has 35 heavy (non-hydrogen) atoms. The number of hydrogen-bond donors (Lipinski definition) is 7. The number of aliphatic hydroxyl groups excluding tert-OH is 1. The van der Waals surface area contributed by atoms with Crippen LogP contribution in [-0.4, -0.2) is 61.2 Å². The second kappa shape index (κ2) is 13.0. The lowest BCUT2D eigenvalue weighted by Crippen LogP contribution is -2.31. The third-order valence-corrected chi connectivity index (χ3v) is 9.09. The van der Waals surface area contributed by atoms with E-state index in [4.69, 9.17) is 10.5 Å². The zero-order valence-electron chi connectivity index (χ0n) is 18.4. The number of aromatic amines is 1. The number of phosphoric acid groups is 2. The minimum atomic E-state index is -5.56. The Morgan fingerprint density at radius 1 is 1.11 bits per heavy atom. The van der Waals surface area contributed by atoms with Crippen molar-refractivity contribution in [3.05, 3.63) is 33.1 Å². The maximum Gasteiger partial charge on any atom is 0.489 e. The van der Waals surface area contributed by atoms with Crippen molar-refractivity contribution < 1.29 is 51.4 Å². The monoisotopic (exact) mass is 566 g/mol. The number of hydrogen-bond acceptors (Lipinski definition) is 11. The lowest BCUT2D eigenvalue weighted by molar-refractivity contribution is -0.0450. The molecule has 1 fully saturated rings. The number of rotatable bonds is 15. The summed E-state index contributed by atoms with van der Waals surface area (Å²) < 4.78 is 54.9. The fourth-order valence-corrected chi connectivity index (χ4v) is 6.78. The summed E-state index contributed by atoms with van der Waals surface area (Å²) in [6, 6.07) is 1.05. The number of aromatic nitrogens is 2. The van der Waals surface area contributed by atoms with Gasteiger partial charge in [-0.15, -0.1) is 0 Å². The van der Waals surface area contributed by atoms with Crippen molar-refractivity contribution >= 4 is 23.4 Å². The van der Waals surface area contributed by atoms with Gasteiger partial charge in [0, 0.05) is 25.2 Å². The summed E-state index contributed by atoms with van der Waals surface area (Å²) in [6.45, 7) is -0.381. The Kier molecular flexibility index (Phi) is 11.2. The van der Waals surface area contributed by atoms with Crippen LogP contribution in [-0.2, 0) is 31.6 Å². The summed E-state index contributed by atoms with van der Waals surface area (Å²) >= 11 is 0. The molecule has 0 saturated carbocycles. The highest BCUT2D eigenvalue weighted by molar-refractivity contribution is 7.67. The summed E-state index contributed by atoms with van der Waals surface area (Å²) in [6.07, 6.45) is 0.0282. The molecule has 202 valence electrons. The molecule has 2 heterocycles. The summed E-state index contributed by atoms with van der Waals surface area (Å²) in [7, 11) is -15.8. The molecule has 0 bridgehead atoms. The lowest BCUT2D eigenvalue weighted by Gasteiger charge is -2.20. The molecule has 3 unspecified atom stereocenters. The molecule has 1 saturated heterocycles. The smallest absolute Gasteiger partial charge is 0.390 e. The Hall–Kier alpha value is -1.03. The number of unbranched alkanes of at least 4 members (excludes halogenated alkanes) is 3. The molecular weight excluding hydrogens is 537 g/mol. The molecule has 0 aromatic carbocycles. The van der Waals surface area contributed by atoms with Gasteiger partial charge in [0.25, 0.3) is 5.56 Å². The Labute approximate surface area is 199 Å². The van der Waals surface area contributed by atoms with Crippen LogP contribution in [0, 0.1) is 0 Å². The van der Waals surface area contributed by atoms with Gasteiger partial charge in [-0.1, -0.05) is 12.8 Å². The number of nitrogens with two attached hydrogens (primary N) is 1. The second-order valence-corrected chi connectivity index (χ2v) is 12.3. The maximum atomic E-state index is 12.0. The molecule has 0 spiro atoms. The molecule has 1 aliphatic heterocycles. The van der Waals surface area contributed by atoms with Crippen molar-refractivity contribution in [2.24, 2.45) is 5.73 Å².